The minimum atomic E-state index is -2.52. The van der Waals surface area contributed by atoms with Gasteiger partial charge in [-0.15, -0.1) is 0 Å². The van der Waals surface area contributed by atoms with Gasteiger partial charge in [0.1, 0.15) is 0 Å². The smallest absolute Gasteiger partial charge is 0.271 e. The quantitative estimate of drug-likeness (QED) is 0.748. The molecular weight excluding hydrogens is 233 g/mol. The molecule has 0 aromatic carbocycles. The SMILES string of the molecule is CN(C1CCCCC1)P1(=O)NCC(C)(C)CN1. The Hall–Kier alpha value is 0.110. The summed E-state index contributed by atoms with van der Waals surface area (Å²) in [5.74, 6) is 0. The average molecular weight is 259 g/mol. The van der Waals surface area contributed by atoms with Gasteiger partial charge >= 0.3 is 0 Å². The minimum absolute atomic E-state index is 0.196. The number of hydrogen-bond donors (Lipinski definition) is 2. The number of nitrogens with one attached hydrogen (secondary N) is 2. The highest BCUT2D eigenvalue weighted by Gasteiger charge is 2.39. The molecule has 0 bridgehead atoms. The first-order valence-electron chi connectivity index (χ1n) is 6.77. The van der Waals surface area contributed by atoms with E-state index in [9.17, 15) is 4.57 Å². The summed E-state index contributed by atoms with van der Waals surface area (Å²) in [6.45, 7) is 6.04. The zero-order valence-corrected chi connectivity index (χ0v) is 12.2. The molecule has 0 aromatic heterocycles. The summed E-state index contributed by atoms with van der Waals surface area (Å²) < 4.78 is 14.9. The lowest BCUT2D eigenvalue weighted by Crippen LogP contribution is -2.50. The topological polar surface area (TPSA) is 44.4 Å². The van der Waals surface area contributed by atoms with Crippen LogP contribution in [0.2, 0.25) is 0 Å². The Balaban J connectivity index is 1.98. The Bertz CT molecular complexity index is 299. The van der Waals surface area contributed by atoms with Gasteiger partial charge in [-0.2, -0.15) is 0 Å². The summed E-state index contributed by atoms with van der Waals surface area (Å²) >= 11 is 0. The second kappa shape index (κ2) is 5.00. The van der Waals surface area contributed by atoms with Crippen LogP contribution < -0.4 is 10.2 Å². The van der Waals surface area contributed by atoms with Gasteiger partial charge in [0, 0.05) is 19.1 Å². The van der Waals surface area contributed by atoms with Crippen molar-refractivity contribution in [1.82, 2.24) is 14.8 Å². The Morgan fingerprint density at radius 2 is 1.65 bits per heavy atom. The zero-order valence-electron chi connectivity index (χ0n) is 11.3. The highest BCUT2D eigenvalue weighted by Crippen LogP contribution is 2.47. The number of nitrogens with zero attached hydrogens (tertiary/aromatic N) is 1. The molecule has 2 aliphatic rings. The van der Waals surface area contributed by atoms with Gasteiger partial charge in [0.25, 0.3) is 7.59 Å². The van der Waals surface area contributed by atoms with Gasteiger partial charge in [-0.3, -0.25) is 4.57 Å². The van der Waals surface area contributed by atoms with E-state index in [0.29, 0.717) is 6.04 Å². The van der Waals surface area contributed by atoms with E-state index in [1.165, 1.54) is 32.1 Å². The van der Waals surface area contributed by atoms with Crippen molar-refractivity contribution in [3.05, 3.63) is 0 Å². The summed E-state index contributed by atoms with van der Waals surface area (Å²) in [7, 11) is -0.511. The summed E-state index contributed by atoms with van der Waals surface area (Å²) in [4.78, 5) is 0. The zero-order chi connectivity index (χ0) is 12.5. The molecule has 1 aliphatic heterocycles. The van der Waals surface area contributed by atoms with E-state index in [4.69, 9.17) is 0 Å². The highest BCUT2D eigenvalue weighted by atomic mass is 31.2. The molecule has 2 rings (SSSR count). The molecule has 5 heteroatoms. The summed E-state index contributed by atoms with van der Waals surface area (Å²) in [5, 5.41) is 6.51. The first kappa shape index (κ1) is 13.5. The molecular formula is C12H26N3OP. The van der Waals surface area contributed by atoms with E-state index in [-0.39, 0.29) is 5.41 Å². The van der Waals surface area contributed by atoms with Crippen molar-refractivity contribution in [1.29, 1.82) is 0 Å². The molecule has 0 unspecified atom stereocenters. The molecule has 1 heterocycles. The van der Waals surface area contributed by atoms with Crippen molar-refractivity contribution < 1.29 is 4.57 Å². The second-order valence-electron chi connectivity index (χ2n) is 6.28. The molecule has 1 aliphatic carbocycles. The van der Waals surface area contributed by atoms with E-state index in [1.807, 2.05) is 7.05 Å². The normalized spacial score (nSPS) is 29.4. The van der Waals surface area contributed by atoms with Crippen molar-refractivity contribution in [3.63, 3.8) is 0 Å². The highest BCUT2D eigenvalue weighted by molar-refractivity contribution is 7.57. The van der Waals surface area contributed by atoms with Crippen LogP contribution in [0.1, 0.15) is 46.0 Å². The largest absolute Gasteiger partial charge is 0.281 e. The predicted octanol–water partition coefficient (Wildman–Crippen LogP) is 2.58. The lowest BCUT2D eigenvalue weighted by atomic mass is 9.94. The minimum Gasteiger partial charge on any atom is -0.271 e. The van der Waals surface area contributed by atoms with Crippen LogP contribution in [0.4, 0.5) is 0 Å². The lowest BCUT2D eigenvalue weighted by Gasteiger charge is -2.43. The first-order chi connectivity index (χ1) is 7.93. The van der Waals surface area contributed by atoms with Crippen LogP contribution >= 0.6 is 7.59 Å². The van der Waals surface area contributed by atoms with Gasteiger partial charge in [-0.25, -0.2) is 14.8 Å². The van der Waals surface area contributed by atoms with Gasteiger partial charge in [0.05, 0.1) is 0 Å². The fourth-order valence-corrected chi connectivity index (χ4v) is 5.20. The predicted molar refractivity (Wildman–Crippen MR) is 72.0 cm³/mol. The molecule has 0 radical (unpaired) electrons. The van der Waals surface area contributed by atoms with Crippen LogP contribution in [0.25, 0.3) is 0 Å². The van der Waals surface area contributed by atoms with Gasteiger partial charge in [-0.05, 0) is 25.3 Å². The Morgan fingerprint density at radius 1 is 1.12 bits per heavy atom. The molecule has 0 amide bonds. The maximum Gasteiger partial charge on any atom is 0.281 e. The third-order valence-electron chi connectivity index (χ3n) is 4.09. The van der Waals surface area contributed by atoms with E-state index in [0.717, 1.165) is 13.1 Å². The Labute approximate surface area is 105 Å². The summed E-state index contributed by atoms with van der Waals surface area (Å²) in [6, 6.07) is 0.482. The fourth-order valence-electron chi connectivity index (χ4n) is 2.67. The van der Waals surface area contributed by atoms with Crippen molar-refractivity contribution in [2.75, 3.05) is 20.1 Å². The maximum absolute atomic E-state index is 12.8. The van der Waals surface area contributed by atoms with Crippen molar-refractivity contribution in [2.45, 2.75) is 52.0 Å². The fraction of sp³-hybridized carbons (Fsp3) is 1.00. The number of hydrogen-bond acceptors (Lipinski definition) is 1. The van der Waals surface area contributed by atoms with Crippen LogP contribution in [0, 0.1) is 5.41 Å². The first-order valence-corrected chi connectivity index (χ1v) is 8.43. The van der Waals surface area contributed by atoms with Gasteiger partial charge in [-0.1, -0.05) is 33.1 Å². The van der Waals surface area contributed by atoms with E-state index in [1.54, 1.807) is 0 Å². The van der Waals surface area contributed by atoms with Gasteiger partial charge in [0.15, 0.2) is 0 Å². The number of rotatable bonds is 2. The lowest BCUT2D eigenvalue weighted by molar-refractivity contribution is 0.257. The molecule has 0 aromatic rings. The average Bonchev–Trinajstić information content (AvgIpc) is 2.34. The third kappa shape index (κ3) is 3.11. The molecule has 17 heavy (non-hydrogen) atoms. The van der Waals surface area contributed by atoms with E-state index >= 15 is 0 Å². The summed E-state index contributed by atoms with van der Waals surface area (Å²) in [6.07, 6.45) is 6.27. The Kier molecular flexibility index (Phi) is 3.99. The molecule has 0 atom stereocenters. The monoisotopic (exact) mass is 259 g/mol. The van der Waals surface area contributed by atoms with Gasteiger partial charge < -0.3 is 0 Å². The third-order valence-corrected chi connectivity index (χ3v) is 6.48. The van der Waals surface area contributed by atoms with Gasteiger partial charge in [0.2, 0.25) is 0 Å². The maximum atomic E-state index is 12.8. The molecule has 4 nitrogen and oxygen atoms in total. The summed E-state index contributed by atoms with van der Waals surface area (Å²) in [5.41, 5.74) is 0.196. The standard InChI is InChI=1S/C12H26N3OP/c1-12(2)9-13-17(16,14-10-12)15(3)11-7-5-4-6-8-11/h11H,4-10H2,1-3H3,(H2,13,14,16). The Morgan fingerprint density at radius 3 is 2.18 bits per heavy atom. The molecule has 2 fully saturated rings. The van der Waals surface area contributed by atoms with Crippen molar-refractivity contribution in [3.8, 4) is 0 Å². The second-order valence-corrected chi connectivity index (χ2v) is 8.69. The van der Waals surface area contributed by atoms with Crippen LogP contribution in [0.3, 0.4) is 0 Å². The molecule has 100 valence electrons. The van der Waals surface area contributed by atoms with Crippen molar-refractivity contribution in [2.24, 2.45) is 5.41 Å². The van der Waals surface area contributed by atoms with Crippen LogP contribution in [0.15, 0.2) is 0 Å². The molecule has 1 saturated carbocycles. The molecule has 0 spiro atoms. The van der Waals surface area contributed by atoms with Crippen LogP contribution in [0.5, 0.6) is 0 Å². The van der Waals surface area contributed by atoms with Crippen LogP contribution in [-0.2, 0) is 4.57 Å². The van der Waals surface area contributed by atoms with E-state index < -0.39 is 7.59 Å². The van der Waals surface area contributed by atoms with Crippen LogP contribution in [-0.4, -0.2) is 30.8 Å². The van der Waals surface area contributed by atoms with Crippen molar-refractivity contribution >= 4 is 7.59 Å². The molecule has 2 N–H and O–H groups in total. The van der Waals surface area contributed by atoms with E-state index in [2.05, 4.69) is 28.7 Å². The molecule has 1 saturated heterocycles.